The second kappa shape index (κ2) is 7.59. The van der Waals surface area contributed by atoms with Gasteiger partial charge in [0, 0.05) is 24.9 Å². The Bertz CT molecular complexity index is 1030. The molecule has 1 N–H and O–H groups in total. The predicted molar refractivity (Wildman–Crippen MR) is 94.3 cm³/mol. The van der Waals surface area contributed by atoms with Crippen LogP contribution in [0.4, 0.5) is 8.78 Å². The van der Waals surface area contributed by atoms with Crippen molar-refractivity contribution in [3.8, 4) is 34.0 Å². The number of nitrogens with zero attached hydrogens (tertiary/aromatic N) is 4. The maximum atomic E-state index is 14.4. The summed E-state index contributed by atoms with van der Waals surface area (Å²) < 4.78 is 40.8. The zero-order valence-electron chi connectivity index (χ0n) is 15.2. The first-order chi connectivity index (χ1) is 13.4. The van der Waals surface area contributed by atoms with Crippen molar-refractivity contribution in [3.63, 3.8) is 0 Å². The predicted octanol–water partition coefficient (Wildman–Crippen LogP) is 2.93. The number of halogens is 2. The van der Waals surface area contributed by atoms with Gasteiger partial charge in [0.25, 0.3) is 0 Å². The topological polar surface area (TPSA) is 99.4 Å². The Morgan fingerprint density at radius 2 is 1.89 bits per heavy atom. The number of carboxylic acid groups (broad SMARTS) is 1. The van der Waals surface area contributed by atoms with Crippen LogP contribution in [-0.4, -0.2) is 44.5 Å². The van der Waals surface area contributed by atoms with Crippen LogP contribution in [0.5, 0.6) is 11.6 Å². The number of ether oxygens (including phenoxy) is 2. The molecule has 0 saturated carbocycles. The van der Waals surface area contributed by atoms with Crippen molar-refractivity contribution >= 4 is 5.97 Å². The fraction of sp³-hybridized carbons (Fsp3) is 0.222. The lowest BCUT2D eigenvalue weighted by Gasteiger charge is -2.13. The summed E-state index contributed by atoms with van der Waals surface area (Å²) in [7, 11) is 2.86. The number of hydrogen-bond acceptors (Lipinski definition) is 6. The monoisotopic (exact) mass is 390 g/mol. The molecule has 0 spiro atoms. The molecule has 3 heterocycles. The SMILES string of the molecule is CCOc1cc(OC)c(-c2c(-c3c(F)cncc3F)c(C(=O)O)nn2C)cn1. The molecule has 3 aromatic rings. The van der Waals surface area contributed by atoms with Gasteiger partial charge in [-0.05, 0) is 6.92 Å². The van der Waals surface area contributed by atoms with Gasteiger partial charge in [0.05, 0.1) is 42.9 Å². The van der Waals surface area contributed by atoms with E-state index in [0.717, 1.165) is 12.4 Å². The molecular formula is C18H16F2N4O4. The van der Waals surface area contributed by atoms with E-state index >= 15 is 0 Å². The number of aryl methyl sites for hydroxylation is 1. The van der Waals surface area contributed by atoms with E-state index in [2.05, 4.69) is 15.1 Å². The molecule has 3 aromatic heterocycles. The minimum atomic E-state index is -1.44. The molecule has 0 aliphatic carbocycles. The van der Waals surface area contributed by atoms with Crippen molar-refractivity contribution in [2.45, 2.75) is 6.92 Å². The minimum absolute atomic E-state index is 0.119. The molecule has 146 valence electrons. The van der Waals surface area contributed by atoms with Crippen LogP contribution in [0.15, 0.2) is 24.7 Å². The highest BCUT2D eigenvalue weighted by Crippen LogP contribution is 2.41. The maximum absolute atomic E-state index is 14.4. The van der Waals surface area contributed by atoms with Gasteiger partial charge in [-0.3, -0.25) is 9.67 Å². The second-order valence-corrected chi connectivity index (χ2v) is 5.63. The van der Waals surface area contributed by atoms with E-state index in [9.17, 15) is 18.7 Å². The highest BCUT2D eigenvalue weighted by Gasteiger charge is 2.30. The Hall–Kier alpha value is -3.56. The molecule has 0 aliphatic rings. The zero-order valence-corrected chi connectivity index (χ0v) is 15.2. The molecule has 0 aromatic carbocycles. The summed E-state index contributed by atoms with van der Waals surface area (Å²) >= 11 is 0. The number of pyridine rings is 2. The molecule has 0 fully saturated rings. The first-order valence-electron chi connectivity index (χ1n) is 8.15. The molecule has 0 radical (unpaired) electrons. The molecular weight excluding hydrogens is 374 g/mol. The average molecular weight is 390 g/mol. The third kappa shape index (κ3) is 3.24. The quantitative estimate of drug-likeness (QED) is 0.691. The third-order valence-electron chi connectivity index (χ3n) is 3.96. The molecule has 0 saturated heterocycles. The van der Waals surface area contributed by atoms with E-state index in [4.69, 9.17) is 9.47 Å². The van der Waals surface area contributed by atoms with Crippen molar-refractivity contribution in [2.24, 2.45) is 7.05 Å². The average Bonchev–Trinajstić information content (AvgIpc) is 2.99. The lowest BCUT2D eigenvalue weighted by Crippen LogP contribution is -2.02. The minimum Gasteiger partial charge on any atom is -0.496 e. The Balaban J connectivity index is 2.36. The molecule has 0 unspecified atom stereocenters. The van der Waals surface area contributed by atoms with Crippen LogP contribution in [0, 0.1) is 11.6 Å². The van der Waals surface area contributed by atoms with Gasteiger partial charge in [0.2, 0.25) is 5.88 Å². The van der Waals surface area contributed by atoms with Crippen molar-refractivity contribution in [2.75, 3.05) is 13.7 Å². The van der Waals surface area contributed by atoms with Crippen LogP contribution in [0.2, 0.25) is 0 Å². The molecule has 0 bridgehead atoms. The van der Waals surface area contributed by atoms with Crippen LogP contribution >= 0.6 is 0 Å². The molecule has 3 rings (SSSR count). The maximum Gasteiger partial charge on any atom is 0.357 e. The van der Waals surface area contributed by atoms with E-state index in [1.165, 1.54) is 31.1 Å². The van der Waals surface area contributed by atoms with Crippen LogP contribution in [0.1, 0.15) is 17.4 Å². The van der Waals surface area contributed by atoms with E-state index in [0.29, 0.717) is 12.2 Å². The first kappa shape index (κ1) is 19.2. The molecule has 0 amide bonds. The smallest absolute Gasteiger partial charge is 0.357 e. The fourth-order valence-corrected chi connectivity index (χ4v) is 2.86. The fourth-order valence-electron chi connectivity index (χ4n) is 2.86. The number of methoxy groups -OCH3 is 1. The van der Waals surface area contributed by atoms with Gasteiger partial charge in [0.1, 0.15) is 5.75 Å². The summed E-state index contributed by atoms with van der Waals surface area (Å²) in [4.78, 5) is 19.3. The van der Waals surface area contributed by atoms with Crippen LogP contribution < -0.4 is 9.47 Å². The van der Waals surface area contributed by atoms with E-state index in [1.807, 2.05) is 0 Å². The first-order valence-corrected chi connectivity index (χ1v) is 8.15. The molecule has 0 atom stereocenters. The van der Waals surface area contributed by atoms with Crippen LogP contribution in [-0.2, 0) is 7.05 Å². The van der Waals surface area contributed by atoms with Crippen molar-refractivity contribution in [3.05, 3.63) is 42.0 Å². The van der Waals surface area contributed by atoms with Gasteiger partial charge < -0.3 is 14.6 Å². The number of aromatic nitrogens is 4. The highest BCUT2D eigenvalue weighted by atomic mass is 19.1. The van der Waals surface area contributed by atoms with Gasteiger partial charge in [-0.25, -0.2) is 18.6 Å². The van der Waals surface area contributed by atoms with Gasteiger partial charge in [-0.2, -0.15) is 5.10 Å². The molecule has 10 heteroatoms. The number of carboxylic acids is 1. The lowest BCUT2D eigenvalue weighted by atomic mass is 9.99. The largest absolute Gasteiger partial charge is 0.496 e. The summed E-state index contributed by atoms with van der Waals surface area (Å²) in [5.41, 5.74) is -0.895. The standard InChI is InChI=1S/C18H16F2N4O4/c1-4-28-13-5-12(27-3)9(6-22-13)17-15(16(18(25)26)23-24(17)2)14-10(19)7-21-8-11(14)20/h5-8H,4H2,1-3H3,(H,25,26). The number of carbonyl (C=O) groups is 1. The number of rotatable bonds is 6. The Morgan fingerprint density at radius 1 is 1.21 bits per heavy atom. The van der Waals surface area contributed by atoms with E-state index in [1.54, 1.807) is 6.92 Å². The summed E-state index contributed by atoms with van der Waals surface area (Å²) in [6.07, 6.45) is 2.97. The third-order valence-corrected chi connectivity index (χ3v) is 3.96. The number of aromatic carboxylic acids is 1. The zero-order chi connectivity index (χ0) is 20.4. The summed E-state index contributed by atoms with van der Waals surface area (Å²) in [5, 5.41) is 13.5. The van der Waals surface area contributed by atoms with Crippen LogP contribution in [0.3, 0.4) is 0 Å². The second-order valence-electron chi connectivity index (χ2n) is 5.63. The Kier molecular flexibility index (Phi) is 5.21. The van der Waals surface area contributed by atoms with Crippen molar-refractivity contribution in [1.82, 2.24) is 19.7 Å². The molecule has 28 heavy (non-hydrogen) atoms. The Morgan fingerprint density at radius 3 is 2.46 bits per heavy atom. The van der Waals surface area contributed by atoms with Gasteiger partial charge in [0.15, 0.2) is 17.3 Å². The molecule has 8 nitrogen and oxygen atoms in total. The normalized spacial score (nSPS) is 10.8. The van der Waals surface area contributed by atoms with Crippen LogP contribution in [0.25, 0.3) is 22.4 Å². The van der Waals surface area contributed by atoms with Crippen molar-refractivity contribution < 1.29 is 28.2 Å². The summed E-state index contributed by atoms with van der Waals surface area (Å²) in [5.74, 6) is -2.92. The van der Waals surface area contributed by atoms with Gasteiger partial charge in [-0.1, -0.05) is 0 Å². The van der Waals surface area contributed by atoms with Gasteiger partial charge >= 0.3 is 5.97 Å². The summed E-state index contributed by atoms with van der Waals surface area (Å²) in [6, 6.07) is 1.50. The summed E-state index contributed by atoms with van der Waals surface area (Å²) in [6.45, 7) is 2.17. The Labute approximate surface area is 158 Å². The number of hydrogen-bond donors (Lipinski definition) is 1. The van der Waals surface area contributed by atoms with Gasteiger partial charge in [-0.15, -0.1) is 0 Å². The lowest BCUT2D eigenvalue weighted by molar-refractivity contribution is 0.0690. The van der Waals surface area contributed by atoms with Crippen molar-refractivity contribution in [1.29, 1.82) is 0 Å². The highest BCUT2D eigenvalue weighted by molar-refractivity contribution is 5.99. The van der Waals surface area contributed by atoms with E-state index in [-0.39, 0.29) is 22.9 Å². The van der Waals surface area contributed by atoms with E-state index < -0.39 is 28.9 Å². The molecule has 0 aliphatic heterocycles.